The predicted octanol–water partition coefficient (Wildman–Crippen LogP) is 2.69. The third-order valence-corrected chi connectivity index (χ3v) is 5.16. The minimum atomic E-state index is -4.63. The van der Waals surface area contributed by atoms with Crippen LogP contribution in [0.25, 0.3) is 0 Å². The number of hydrogen-bond acceptors (Lipinski definition) is 4. The fourth-order valence-electron chi connectivity index (χ4n) is 2.31. The van der Waals surface area contributed by atoms with E-state index in [-0.39, 0.29) is 15.4 Å². The smallest absolute Gasteiger partial charge is 0.267 e. The minimum Gasteiger partial charge on any atom is -0.267 e. The average Bonchev–Trinajstić information content (AvgIpc) is 2.79. The maximum atomic E-state index is 12.6. The molecule has 2 aromatic rings. The molecule has 0 aromatic heterocycles. The summed E-state index contributed by atoms with van der Waals surface area (Å²) >= 11 is 0. The van der Waals surface area contributed by atoms with Gasteiger partial charge in [-0.25, -0.2) is 8.42 Å². The highest BCUT2D eigenvalue weighted by atomic mass is 32.2. The van der Waals surface area contributed by atoms with E-state index in [9.17, 15) is 31.2 Å². The Morgan fingerprint density at radius 2 is 1.25 bits per heavy atom. The summed E-state index contributed by atoms with van der Waals surface area (Å²) in [5.74, 6) is -2.06. The molecule has 24 heavy (non-hydrogen) atoms. The van der Waals surface area contributed by atoms with Crippen LogP contribution in [0, 0.1) is 0 Å². The molecular formula is C15H8F3NO4S. The second-order valence-electron chi connectivity index (χ2n) is 4.95. The summed E-state index contributed by atoms with van der Waals surface area (Å²) in [6, 6.07) is 8.12. The van der Waals surface area contributed by atoms with E-state index in [1.807, 2.05) is 0 Å². The summed E-state index contributed by atoms with van der Waals surface area (Å²) in [6.45, 7) is 0. The molecule has 0 atom stereocenters. The number of rotatable bonds is 2. The molecule has 124 valence electrons. The van der Waals surface area contributed by atoms with E-state index in [0.717, 1.165) is 0 Å². The van der Waals surface area contributed by atoms with Crippen LogP contribution in [-0.2, 0) is 16.2 Å². The topological polar surface area (TPSA) is 71.5 Å². The zero-order valence-electron chi connectivity index (χ0n) is 11.7. The van der Waals surface area contributed by atoms with Gasteiger partial charge in [0.15, 0.2) is 0 Å². The van der Waals surface area contributed by atoms with Gasteiger partial charge in [-0.1, -0.05) is 12.1 Å². The summed E-state index contributed by atoms with van der Waals surface area (Å²) in [5, 5.41) is 0. The summed E-state index contributed by atoms with van der Waals surface area (Å²) in [7, 11) is -4.60. The summed E-state index contributed by atoms with van der Waals surface area (Å²) in [6.07, 6.45) is -4.63. The maximum absolute atomic E-state index is 12.6. The van der Waals surface area contributed by atoms with Crippen molar-refractivity contribution in [3.05, 3.63) is 65.2 Å². The van der Waals surface area contributed by atoms with Gasteiger partial charge in [0.2, 0.25) is 0 Å². The van der Waals surface area contributed by atoms with Crippen molar-refractivity contribution in [2.24, 2.45) is 0 Å². The first-order chi connectivity index (χ1) is 11.1. The monoisotopic (exact) mass is 355 g/mol. The Kier molecular flexibility index (Phi) is 3.48. The van der Waals surface area contributed by atoms with Crippen LogP contribution in [0.3, 0.4) is 0 Å². The number of benzene rings is 2. The fraction of sp³-hybridized carbons (Fsp3) is 0.0667. The molecule has 1 heterocycles. The molecule has 0 bridgehead atoms. The molecule has 5 nitrogen and oxygen atoms in total. The highest BCUT2D eigenvalue weighted by Gasteiger charge is 2.44. The Balaban J connectivity index is 2.04. The molecule has 0 aliphatic carbocycles. The van der Waals surface area contributed by atoms with Crippen LogP contribution in [0.5, 0.6) is 0 Å². The van der Waals surface area contributed by atoms with E-state index in [2.05, 4.69) is 0 Å². The number of imide groups is 1. The molecule has 3 rings (SSSR count). The van der Waals surface area contributed by atoms with Gasteiger partial charge < -0.3 is 0 Å². The summed E-state index contributed by atoms with van der Waals surface area (Å²) in [4.78, 5) is 23.8. The standard InChI is InChI=1S/C15H8F3NO4S/c16-15(17,18)9-5-7-10(8-6-9)24(22,23)19-13(20)11-3-1-2-4-12(11)14(19)21/h1-8H. The lowest BCUT2D eigenvalue weighted by Crippen LogP contribution is -2.36. The average molecular weight is 355 g/mol. The van der Waals surface area contributed by atoms with Crippen molar-refractivity contribution >= 4 is 21.8 Å². The molecule has 0 unspecified atom stereocenters. The molecule has 0 saturated carbocycles. The number of carbonyl (C=O) groups excluding carboxylic acids is 2. The number of fused-ring (bicyclic) bond motifs is 1. The molecule has 2 aromatic carbocycles. The maximum Gasteiger partial charge on any atom is 0.416 e. The second kappa shape index (κ2) is 5.17. The van der Waals surface area contributed by atoms with Crippen molar-refractivity contribution in [1.82, 2.24) is 4.31 Å². The Hall–Kier alpha value is -2.68. The predicted molar refractivity (Wildman–Crippen MR) is 75.6 cm³/mol. The van der Waals surface area contributed by atoms with Crippen molar-refractivity contribution in [3.8, 4) is 0 Å². The largest absolute Gasteiger partial charge is 0.416 e. The van der Waals surface area contributed by atoms with Gasteiger partial charge in [0.25, 0.3) is 21.8 Å². The number of hydrogen-bond donors (Lipinski definition) is 0. The number of nitrogens with zero attached hydrogens (tertiary/aromatic N) is 1. The summed E-state index contributed by atoms with van der Waals surface area (Å²) in [5.41, 5.74) is -1.18. The molecule has 0 N–H and O–H groups in total. The van der Waals surface area contributed by atoms with Crippen LogP contribution in [0.15, 0.2) is 53.4 Å². The number of halogens is 3. The lowest BCUT2D eigenvalue weighted by Gasteiger charge is -2.15. The molecule has 0 radical (unpaired) electrons. The van der Waals surface area contributed by atoms with E-state index in [0.29, 0.717) is 24.3 Å². The van der Waals surface area contributed by atoms with Crippen LogP contribution >= 0.6 is 0 Å². The Labute approximate surface area is 134 Å². The number of alkyl halides is 3. The minimum absolute atomic E-state index is 0.0697. The quantitative estimate of drug-likeness (QED) is 0.777. The van der Waals surface area contributed by atoms with E-state index >= 15 is 0 Å². The van der Waals surface area contributed by atoms with Gasteiger partial charge in [0, 0.05) is 0 Å². The highest BCUT2D eigenvalue weighted by molar-refractivity contribution is 7.90. The van der Waals surface area contributed by atoms with E-state index in [4.69, 9.17) is 0 Å². The van der Waals surface area contributed by atoms with Gasteiger partial charge in [0.1, 0.15) is 0 Å². The first kappa shape index (κ1) is 16.2. The van der Waals surface area contributed by atoms with Crippen LogP contribution in [0.2, 0.25) is 0 Å². The first-order valence-electron chi connectivity index (χ1n) is 6.54. The zero-order valence-corrected chi connectivity index (χ0v) is 12.6. The number of sulfonamides is 1. The Morgan fingerprint density at radius 1 is 0.792 bits per heavy atom. The number of amides is 2. The van der Waals surface area contributed by atoms with Crippen LogP contribution in [0.4, 0.5) is 13.2 Å². The molecule has 0 saturated heterocycles. The normalized spacial score (nSPS) is 14.9. The molecule has 1 aliphatic rings. The first-order valence-corrected chi connectivity index (χ1v) is 7.98. The third-order valence-electron chi connectivity index (χ3n) is 3.48. The van der Waals surface area contributed by atoms with Crippen molar-refractivity contribution < 1.29 is 31.2 Å². The lowest BCUT2D eigenvalue weighted by molar-refractivity contribution is -0.137. The van der Waals surface area contributed by atoms with E-state index < -0.39 is 38.5 Å². The van der Waals surface area contributed by atoms with Gasteiger partial charge in [-0.2, -0.15) is 17.5 Å². The van der Waals surface area contributed by atoms with Crippen molar-refractivity contribution in [3.63, 3.8) is 0 Å². The van der Waals surface area contributed by atoms with Gasteiger partial charge in [-0.05, 0) is 36.4 Å². The van der Waals surface area contributed by atoms with Crippen LogP contribution in [0.1, 0.15) is 26.3 Å². The zero-order chi connectivity index (χ0) is 17.7. The van der Waals surface area contributed by atoms with E-state index in [1.165, 1.54) is 24.3 Å². The van der Waals surface area contributed by atoms with E-state index in [1.54, 1.807) is 0 Å². The fourth-order valence-corrected chi connectivity index (χ4v) is 3.63. The van der Waals surface area contributed by atoms with Gasteiger partial charge in [0.05, 0.1) is 21.6 Å². The Morgan fingerprint density at radius 3 is 1.67 bits per heavy atom. The van der Waals surface area contributed by atoms with Crippen LogP contribution in [-0.4, -0.2) is 24.5 Å². The highest BCUT2D eigenvalue weighted by Crippen LogP contribution is 2.32. The number of carbonyl (C=O) groups is 2. The van der Waals surface area contributed by atoms with Gasteiger partial charge >= 0.3 is 6.18 Å². The molecule has 0 spiro atoms. The second-order valence-corrected chi connectivity index (χ2v) is 6.73. The van der Waals surface area contributed by atoms with Crippen molar-refractivity contribution in [2.75, 3.05) is 0 Å². The molecule has 9 heteroatoms. The van der Waals surface area contributed by atoms with Gasteiger partial charge in [-0.15, -0.1) is 0 Å². The molecule has 0 fully saturated rings. The SMILES string of the molecule is O=C1c2ccccc2C(=O)N1S(=O)(=O)c1ccc(C(F)(F)F)cc1. The van der Waals surface area contributed by atoms with Crippen molar-refractivity contribution in [1.29, 1.82) is 0 Å². The lowest BCUT2D eigenvalue weighted by atomic mass is 10.1. The third kappa shape index (κ3) is 2.37. The van der Waals surface area contributed by atoms with Crippen molar-refractivity contribution in [2.45, 2.75) is 11.1 Å². The molecular weight excluding hydrogens is 347 g/mol. The Bertz CT molecular complexity index is 914. The van der Waals surface area contributed by atoms with Gasteiger partial charge in [-0.3, -0.25) is 9.59 Å². The van der Waals surface area contributed by atoms with Crippen LogP contribution < -0.4 is 0 Å². The molecule has 2 amide bonds. The molecule has 1 aliphatic heterocycles. The summed E-state index contributed by atoms with van der Waals surface area (Å²) < 4.78 is 62.7.